The SMILES string of the molecule is Cc1ccc(CN(C(=O)C2CCCC2)c2cccc(CC(=O)Nc3cccc(C)c3)c2)cc1. The zero-order valence-corrected chi connectivity index (χ0v) is 19.5. The number of hydrogen-bond donors (Lipinski definition) is 1. The Hall–Kier alpha value is -3.40. The van der Waals surface area contributed by atoms with Gasteiger partial charge >= 0.3 is 0 Å². The van der Waals surface area contributed by atoms with Crippen molar-refractivity contribution in [1.29, 1.82) is 0 Å². The summed E-state index contributed by atoms with van der Waals surface area (Å²) in [6.45, 7) is 4.61. The molecule has 1 saturated carbocycles. The molecule has 1 N–H and O–H groups in total. The second-order valence-corrected chi connectivity index (χ2v) is 9.16. The van der Waals surface area contributed by atoms with Crippen LogP contribution in [0.3, 0.4) is 0 Å². The normalized spacial score (nSPS) is 13.6. The van der Waals surface area contributed by atoms with Gasteiger partial charge in [-0.1, -0.05) is 66.9 Å². The molecular weight excluding hydrogens is 408 g/mol. The van der Waals surface area contributed by atoms with Crippen LogP contribution in [0, 0.1) is 19.8 Å². The maximum atomic E-state index is 13.5. The van der Waals surface area contributed by atoms with Crippen molar-refractivity contribution >= 4 is 23.2 Å². The molecule has 0 unspecified atom stereocenters. The molecule has 3 aromatic rings. The first kappa shape index (κ1) is 22.8. The summed E-state index contributed by atoms with van der Waals surface area (Å²) < 4.78 is 0. The first-order valence-electron chi connectivity index (χ1n) is 11.8. The summed E-state index contributed by atoms with van der Waals surface area (Å²) in [5, 5.41) is 2.97. The van der Waals surface area contributed by atoms with Gasteiger partial charge in [0.1, 0.15) is 0 Å². The van der Waals surface area contributed by atoms with Gasteiger partial charge in [0.15, 0.2) is 0 Å². The Labute approximate surface area is 196 Å². The van der Waals surface area contributed by atoms with Gasteiger partial charge in [0.05, 0.1) is 13.0 Å². The third-order valence-corrected chi connectivity index (χ3v) is 6.32. The average molecular weight is 441 g/mol. The van der Waals surface area contributed by atoms with Gasteiger partial charge in [-0.2, -0.15) is 0 Å². The highest BCUT2D eigenvalue weighted by atomic mass is 16.2. The van der Waals surface area contributed by atoms with Crippen molar-refractivity contribution in [1.82, 2.24) is 0 Å². The molecule has 2 amide bonds. The first-order valence-corrected chi connectivity index (χ1v) is 11.8. The Kier molecular flexibility index (Phi) is 7.23. The maximum absolute atomic E-state index is 13.5. The first-order chi connectivity index (χ1) is 16.0. The Morgan fingerprint density at radius 1 is 0.848 bits per heavy atom. The van der Waals surface area contributed by atoms with Gasteiger partial charge in [0, 0.05) is 17.3 Å². The van der Waals surface area contributed by atoms with E-state index in [1.165, 1.54) is 5.56 Å². The molecule has 0 atom stereocenters. The van der Waals surface area contributed by atoms with E-state index in [0.717, 1.165) is 53.7 Å². The van der Waals surface area contributed by atoms with Crippen molar-refractivity contribution in [2.24, 2.45) is 5.92 Å². The number of benzene rings is 3. The number of nitrogens with one attached hydrogen (secondary N) is 1. The molecule has 1 aliphatic carbocycles. The number of carbonyl (C=O) groups is 2. The van der Waals surface area contributed by atoms with Crippen molar-refractivity contribution in [2.75, 3.05) is 10.2 Å². The fraction of sp³-hybridized carbons (Fsp3) is 0.310. The van der Waals surface area contributed by atoms with E-state index in [9.17, 15) is 9.59 Å². The number of anilines is 2. The van der Waals surface area contributed by atoms with Gasteiger partial charge in [-0.15, -0.1) is 0 Å². The second-order valence-electron chi connectivity index (χ2n) is 9.16. The molecule has 1 aliphatic rings. The smallest absolute Gasteiger partial charge is 0.230 e. The molecule has 4 nitrogen and oxygen atoms in total. The minimum absolute atomic E-state index is 0.0649. The van der Waals surface area contributed by atoms with Crippen molar-refractivity contribution in [3.63, 3.8) is 0 Å². The molecule has 4 rings (SSSR count). The lowest BCUT2D eigenvalue weighted by molar-refractivity contribution is -0.122. The summed E-state index contributed by atoms with van der Waals surface area (Å²) in [7, 11) is 0. The molecule has 0 bridgehead atoms. The van der Waals surface area contributed by atoms with Crippen molar-refractivity contribution in [2.45, 2.75) is 52.5 Å². The average Bonchev–Trinajstić information content (AvgIpc) is 3.33. The van der Waals surface area contributed by atoms with E-state index in [1.54, 1.807) is 0 Å². The topological polar surface area (TPSA) is 49.4 Å². The van der Waals surface area contributed by atoms with Crippen molar-refractivity contribution in [3.05, 3.63) is 95.1 Å². The number of rotatable bonds is 7. The zero-order chi connectivity index (χ0) is 23.2. The van der Waals surface area contributed by atoms with Crippen LogP contribution in [0.4, 0.5) is 11.4 Å². The summed E-state index contributed by atoms with van der Waals surface area (Å²) in [4.78, 5) is 28.0. The molecule has 170 valence electrons. The standard InChI is InChI=1S/C29H32N2O2/c1-21-13-15-23(16-14-21)20-31(29(33)25-9-3-4-10-25)27-12-6-8-24(18-27)19-28(32)30-26-11-5-7-22(2)17-26/h5-8,11-18,25H,3-4,9-10,19-20H2,1-2H3,(H,30,32). The maximum Gasteiger partial charge on any atom is 0.230 e. The molecule has 33 heavy (non-hydrogen) atoms. The fourth-order valence-corrected chi connectivity index (χ4v) is 4.51. The number of carbonyl (C=O) groups excluding carboxylic acids is 2. The molecule has 0 aromatic heterocycles. The lowest BCUT2D eigenvalue weighted by Gasteiger charge is -2.26. The van der Waals surface area contributed by atoms with Crippen LogP contribution in [-0.2, 0) is 22.6 Å². The predicted molar refractivity (Wildman–Crippen MR) is 134 cm³/mol. The summed E-state index contributed by atoms with van der Waals surface area (Å²) >= 11 is 0. The van der Waals surface area contributed by atoms with Crippen LogP contribution in [0.2, 0.25) is 0 Å². The monoisotopic (exact) mass is 440 g/mol. The van der Waals surface area contributed by atoms with E-state index in [1.807, 2.05) is 60.4 Å². The van der Waals surface area contributed by atoms with Crippen LogP contribution in [0.5, 0.6) is 0 Å². The molecule has 3 aromatic carbocycles. The lowest BCUT2D eigenvalue weighted by Crippen LogP contribution is -2.35. The van der Waals surface area contributed by atoms with Crippen LogP contribution in [-0.4, -0.2) is 11.8 Å². The van der Waals surface area contributed by atoms with E-state index in [-0.39, 0.29) is 24.2 Å². The summed E-state index contributed by atoms with van der Waals surface area (Å²) in [6.07, 6.45) is 4.42. The highest BCUT2D eigenvalue weighted by molar-refractivity contribution is 5.96. The minimum Gasteiger partial charge on any atom is -0.326 e. The molecule has 0 spiro atoms. The van der Waals surface area contributed by atoms with E-state index in [2.05, 4.69) is 36.5 Å². The van der Waals surface area contributed by atoms with Gasteiger partial charge < -0.3 is 10.2 Å². The molecular formula is C29H32N2O2. The number of aryl methyl sites for hydroxylation is 2. The highest BCUT2D eigenvalue weighted by Crippen LogP contribution is 2.30. The van der Waals surface area contributed by atoms with E-state index in [4.69, 9.17) is 0 Å². The molecule has 1 fully saturated rings. The van der Waals surface area contributed by atoms with Crippen molar-refractivity contribution < 1.29 is 9.59 Å². The molecule has 0 aliphatic heterocycles. The third-order valence-electron chi connectivity index (χ3n) is 6.32. The molecule has 0 saturated heterocycles. The van der Waals surface area contributed by atoms with Gasteiger partial charge in [-0.05, 0) is 67.6 Å². The summed E-state index contributed by atoms with van der Waals surface area (Å²) in [5.74, 6) is 0.211. The van der Waals surface area contributed by atoms with E-state index in [0.29, 0.717) is 6.54 Å². The van der Waals surface area contributed by atoms with Gasteiger partial charge in [0.25, 0.3) is 0 Å². The van der Waals surface area contributed by atoms with Crippen LogP contribution < -0.4 is 10.2 Å². The predicted octanol–water partition coefficient (Wildman–Crippen LogP) is 6.21. The molecule has 0 radical (unpaired) electrons. The second kappa shape index (κ2) is 10.5. The van der Waals surface area contributed by atoms with Crippen LogP contribution in [0.25, 0.3) is 0 Å². The largest absolute Gasteiger partial charge is 0.326 e. The highest BCUT2D eigenvalue weighted by Gasteiger charge is 2.28. The Morgan fingerprint density at radius 2 is 1.58 bits per heavy atom. The Balaban J connectivity index is 1.53. The summed E-state index contributed by atoms with van der Waals surface area (Å²) in [5.41, 5.74) is 5.96. The quantitative estimate of drug-likeness (QED) is 0.475. The Bertz CT molecular complexity index is 1110. The van der Waals surface area contributed by atoms with Crippen LogP contribution in [0.15, 0.2) is 72.8 Å². The fourth-order valence-electron chi connectivity index (χ4n) is 4.51. The van der Waals surface area contributed by atoms with Gasteiger partial charge in [-0.3, -0.25) is 9.59 Å². The Morgan fingerprint density at radius 3 is 2.30 bits per heavy atom. The third kappa shape index (κ3) is 6.10. The minimum atomic E-state index is -0.0649. The van der Waals surface area contributed by atoms with E-state index >= 15 is 0 Å². The number of nitrogens with zero attached hydrogens (tertiary/aromatic N) is 1. The van der Waals surface area contributed by atoms with E-state index < -0.39 is 0 Å². The van der Waals surface area contributed by atoms with Crippen molar-refractivity contribution in [3.8, 4) is 0 Å². The van der Waals surface area contributed by atoms with Gasteiger partial charge in [0.2, 0.25) is 11.8 Å². The lowest BCUT2D eigenvalue weighted by atomic mass is 10.0. The molecule has 0 heterocycles. The van der Waals surface area contributed by atoms with Gasteiger partial charge in [-0.25, -0.2) is 0 Å². The summed E-state index contributed by atoms with van der Waals surface area (Å²) in [6, 6.07) is 24.0. The molecule has 4 heteroatoms. The number of hydrogen-bond acceptors (Lipinski definition) is 2. The van der Waals surface area contributed by atoms with Crippen LogP contribution >= 0.6 is 0 Å². The zero-order valence-electron chi connectivity index (χ0n) is 19.5. The number of amides is 2. The van der Waals surface area contributed by atoms with Crippen LogP contribution in [0.1, 0.15) is 47.9 Å².